The molecule has 0 spiro atoms. The molecule has 0 bridgehead atoms. The monoisotopic (exact) mass is 499 g/mol. The Kier molecular flexibility index (Phi) is 8.65. The standard InChI is InChI=1S/C23H31Cl2N3O5/c1-8-18-19(31-17-12-15(24)11-16(25)13-17)14-26-28(18)10-9-27(20(29)32-22(2,3)4)21(30)33-23(5,6)7/h11-14H,8-10H2,1-7H3. The normalized spacial score (nSPS) is 11.8. The van der Waals surface area contributed by atoms with Crippen molar-refractivity contribution in [2.75, 3.05) is 6.54 Å². The summed E-state index contributed by atoms with van der Waals surface area (Å²) >= 11 is 12.1. The lowest BCUT2D eigenvalue weighted by atomic mass is 10.2. The summed E-state index contributed by atoms with van der Waals surface area (Å²) in [5.74, 6) is 1.00. The molecule has 0 aliphatic carbocycles. The average Bonchev–Trinajstić information content (AvgIpc) is 2.99. The van der Waals surface area contributed by atoms with Crippen LogP contribution in [0.25, 0.3) is 0 Å². The fraction of sp³-hybridized carbons (Fsp3) is 0.522. The molecule has 1 heterocycles. The number of aromatic nitrogens is 2. The Morgan fingerprint density at radius 1 is 0.970 bits per heavy atom. The van der Waals surface area contributed by atoms with Gasteiger partial charge in [-0.1, -0.05) is 30.1 Å². The van der Waals surface area contributed by atoms with Gasteiger partial charge in [0.05, 0.1) is 25.0 Å². The molecule has 1 aromatic heterocycles. The van der Waals surface area contributed by atoms with E-state index in [1.165, 1.54) is 0 Å². The van der Waals surface area contributed by atoms with Crippen molar-refractivity contribution in [3.05, 3.63) is 40.1 Å². The number of hydrogen-bond donors (Lipinski definition) is 0. The van der Waals surface area contributed by atoms with Gasteiger partial charge in [-0.15, -0.1) is 0 Å². The molecule has 0 aliphatic rings. The highest BCUT2D eigenvalue weighted by Gasteiger charge is 2.31. The van der Waals surface area contributed by atoms with E-state index in [1.807, 2.05) is 6.92 Å². The van der Waals surface area contributed by atoms with E-state index >= 15 is 0 Å². The Bertz CT molecular complexity index is 945. The number of imide groups is 1. The lowest BCUT2D eigenvalue weighted by Gasteiger charge is -2.28. The molecule has 0 unspecified atom stereocenters. The van der Waals surface area contributed by atoms with Crippen LogP contribution in [0.4, 0.5) is 9.59 Å². The molecular weight excluding hydrogens is 469 g/mol. The summed E-state index contributed by atoms with van der Waals surface area (Å²) < 4.78 is 18.4. The molecule has 2 rings (SSSR count). The first-order valence-corrected chi connectivity index (χ1v) is 11.4. The molecule has 2 aromatic rings. The molecule has 1 aromatic carbocycles. The van der Waals surface area contributed by atoms with Gasteiger partial charge in [-0.3, -0.25) is 4.68 Å². The topological polar surface area (TPSA) is 82.9 Å². The molecule has 0 fully saturated rings. The molecule has 0 saturated heterocycles. The molecule has 0 aliphatic heterocycles. The zero-order chi connectivity index (χ0) is 25.0. The predicted molar refractivity (Wildman–Crippen MR) is 127 cm³/mol. The van der Waals surface area contributed by atoms with Gasteiger partial charge in [-0.25, -0.2) is 14.5 Å². The van der Waals surface area contributed by atoms with E-state index in [4.69, 9.17) is 37.4 Å². The highest BCUT2D eigenvalue weighted by Crippen LogP contribution is 2.30. The van der Waals surface area contributed by atoms with Gasteiger partial charge < -0.3 is 14.2 Å². The van der Waals surface area contributed by atoms with Gasteiger partial charge in [-0.05, 0) is 66.2 Å². The first-order chi connectivity index (χ1) is 15.2. The number of carbonyl (C=O) groups is 2. The molecule has 2 amide bonds. The molecule has 0 N–H and O–H groups in total. The smallest absolute Gasteiger partial charge is 0.419 e. The lowest BCUT2D eigenvalue weighted by Crippen LogP contribution is -2.45. The van der Waals surface area contributed by atoms with E-state index in [2.05, 4.69) is 5.10 Å². The maximum atomic E-state index is 12.7. The van der Waals surface area contributed by atoms with Crippen LogP contribution in [-0.2, 0) is 22.4 Å². The van der Waals surface area contributed by atoms with E-state index in [-0.39, 0.29) is 13.1 Å². The SMILES string of the molecule is CCc1c(Oc2cc(Cl)cc(Cl)c2)cnn1CCN(C(=O)OC(C)(C)C)C(=O)OC(C)(C)C. The van der Waals surface area contributed by atoms with Gasteiger partial charge >= 0.3 is 12.2 Å². The zero-order valence-electron chi connectivity index (χ0n) is 20.1. The van der Waals surface area contributed by atoms with Crippen LogP contribution < -0.4 is 4.74 Å². The first-order valence-electron chi connectivity index (χ1n) is 10.6. The molecule has 0 saturated carbocycles. The number of ether oxygens (including phenoxy) is 3. The van der Waals surface area contributed by atoms with Crippen molar-refractivity contribution in [1.82, 2.24) is 14.7 Å². The van der Waals surface area contributed by atoms with Crippen molar-refractivity contribution in [2.24, 2.45) is 0 Å². The molecular formula is C23H31Cl2N3O5. The fourth-order valence-electron chi connectivity index (χ4n) is 2.83. The summed E-state index contributed by atoms with van der Waals surface area (Å²) in [6.07, 6.45) is 0.598. The lowest BCUT2D eigenvalue weighted by molar-refractivity contribution is 0.000709. The molecule has 8 nitrogen and oxygen atoms in total. The summed E-state index contributed by atoms with van der Waals surface area (Å²) in [5, 5.41) is 5.27. The molecule has 0 radical (unpaired) electrons. The minimum atomic E-state index is -0.785. The van der Waals surface area contributed by atoms with E-state index in [9.17, 15) is 9.59 Å². The second kappa shape index (κ2) is 10.7. The third kappa shape index (κ3) is 8.44. The molecule has 182 valence electrons. The Labute approximate surface area is 204 Å². The van der Waals surface area contributed by atoms with Crippen molar-refractivity contribution in [1.29, 1.82) is 0 Å². The minimum absolute atomic E-state index is 0.000932. The predicted octanol–water partition coefficient (Wildman–Crippen LogP) is 6.72. The van der Waals surface area contributed by atoms with Gasteiger partial charge in [0, 0.05) is 10.0 Å². The van der Waals surface area contributed by atoms with Crippen molar-refractivity contribution >= 4 is 35.4 Å². The number of hydrogen-bond acceptors (Lipinski definition) is 6. The van der Waals surface area contributed by atoms with Crippen molar-refractivity contribution in [3.8, 4) is 11.5 Å². The number of rotatable bonds is 6. The van der Waals surface area contributed by atoms with Crippen LogP contribution in [-0.4, -0.2) is 44.6 Å². The summed E-state index contributed by atoms with van der Waals surface area (Å²) in [6.45, 7) is 12.5. The number of benzene rings is 1. The first kappa shape index (κ1) is 26.8. The van der Waals surface area contributed by atoms with Gasteiger partial charge in [0.2, 0.25) is 0 Å². The Morgan fingerprint density at radius 3 is 1.94 bits per heavy atom. The van der Waals surface area contributed by atoms with Crippen molar-refractivity contribution in [3.63, 3.8) is 0 Å². The number of carbonyl (C=O) groups excluding carboxylic acids is 2. The van der Waals surface area contributed by atoms with Crippen molar-refractivity contribution < 1.29 is 23.8 Å². The second-order valence-corrected chi connectivity index (χ2v) is 10.2. The van der Waals surface area contributed by atoms with Crippen LogP contribution in [0.1, 0.15) is 54.2 Å². The van der Waals surface area contributed by atoms with Gasteiger partial charge in [0.1, 0.15) is 17.0 Å². The Hall–Kier alpha value is -2.45. The van der Waals surface area contributed by atoms with E-state index in [0.717, 1.165) is 10.6 Å². The van der Waals surface area contributed by atoms with E-state index < -0.39 is 23.4 Å². The van der Waals surface area contributed by atoms with Gasteiger partial charge in [-0.2, -0.15) is 5.10 Å². The molecule has 10 heteroatoms. The summed E-state index contributed by atoms with van der Waals surface area (Å²) in [5.41, 5.74) is -0.757. The second-order valence-electron chi connectivity index (χ2n) is 9.35. The maximum Gasteiger partial charge on any atom is 0.419 e. The Morgan fingerprint density at radius 2 is 1.48 bits per heavy atom. The Balaban J connectivity index is 2.22. The average molecular weight is 500 g/mol. The van der Waals surface area contributed by atoms with E-state index in [1.54, 1.807) is 70.6 Å². The fourth-order valence-corrected chi connectivity index (χ4v) is 3.33. The van der Waals surface area contributed by atoms with Crippen LogP contribution in [0.5, 0.6) is 11.5 Å². The van der Waals surface area contributed by atoms with Crippen molar-refractivity contribution in [2.45, 2.75) is 72.6 Å². The number of amides is 2. The highest BCUT2D eigenvalue weighted by molar-refractivity contribution is 6.34. The van der Waals surface area contributed by atoms with Crippen LogP contribution in [0.2, 0.25) is 10.0 Å². The zero-order valence-corrected chi connectivity index (χ0v) is 21.6. The van der Waals surface area contributed by atoms with Crippen LogP contribution >= 0.6 is 23.2 Å². The number of nitrogens with zero attached hydrogens (tertiary/aromatic N) is 3. The molecule has 33 heavy (non-hydrogen) atoms. The van der Waals surface area contributed by atoms with Crippen LogP contribution in [0, 0.1) is 0 Å². The number of halogens is 2. The third-order valence-electron chi connectivity index (χ3n) is 4.07. The minimum Gasteiger partial charge on any atom is -0.454 e. The maximum absolute atomic E-state index is 12.7. The molecule has 0 atom stereocenters. The van der Waals surface area contributed by atoms with E-state index in [0.29, 0.717) is 28.0 Å². The van der Waals surface area contributed by atoms with Gasteiger partial charge in [0.25, 0.3) is 0 Å². The summed E-state index contributed by atoms with van der Waals surface area (Å²) in [4.78, 5) is 26.3. The summed E-state index contributed by atoms with van der Waals surface area (Å²) in [7, 11) is 0. The highest BCUT2D eigenvalue weighted by atomic mass is 35.5. The largest absolute Gasteiger partial charge is 0.454 e. The third-order valence-corrected chi connectivity index (χ3v) is 4.51. The quantitative estimate of drug-likeness (QED) is 0.438. The van der Waals surface area contributed by atoms with Crippen LogP contribution in [0.15, 0.2) is 24.4 Å². The van der Waals surface area contributed by atoms with Crippen LogP contribution in [0.3, 0.4) is 0 Å². The summed E-state index contributed by atoms with van der Waals surface area (Å²) in [6, 6.07) is 4.91. The van der Waals surface area contributed by atoms with Gasteiger partial charge in [0.15, 0.2) is 5.75 Å².